The van der Waals surface area contributed by atoms with E-state index in [4.69, 9.17) is 4.98 Å². The summed E-state index contributed by atoms with van der Waals surface area (Å²) in [6, 6.07) is 19.5. The molecule has 0 saturated carbocycles. The lowest BCUT2D eigenvalue weighted by Gasteiger charge is -2.33. The van der Waals surface area contributed by atoms with E-state index in [9.17, 15) is 4.79 Å². The molecule has 5 nitrogen and oxygen atoms in total. The van der Waals surface area contributed by atoms with Crippen molar-refractivity contribution in [2.75, 3.05) is 5.43 Å². The largest absolute Gasteiger partial charge is 0.268 e. The van der Waals surface area contributed by atoms with Crippen LogP contribution in [0.5, 0.6) is 0 Å². The van der Waals surface area contributed by atoms with Gasteiger partial charge in [-0.25, -0.2) is 15.0 Å². The van der Waals surface area contributed by atoms with E-state index in [-0.39, 0.29) is 11.0 Å². The van der Waals surface area contributed by atoms with Gasteiger partial charge in [0.1, 0.15) is 4.83 Å². The van der Waals surface area contributed by atoms with Gasteiger partial charge < -0.3 is 0 Å². The molecule has 0 radical (unpaired) electrons. The molecule has 0 aliphatic heterocycles. The lowest BCUT2D eigenvalue weighted by Crippen LogP contribution is -2.27. The number of aryl methyl sites for hydroxylation is 1. The molecule has 6 heteroatoms. The van der Waals surface area contributed by atoms with Crippen LogP contribution in [0.15, 0.2) is 70.6 Å². The summed E-state index contributed by atoms with van der Waals surface area (Å²) < 4.78 is 1.65. The molecule has 0 saturated heterocycles. The Labute approximate surface area is 197 Å². The highest BCUT2D eigenvalue weighted by atomic mass is 32.1. The minimum Gasteiger partial charge on any atom is -0.268 e. The molecule has 33 heavy (non-hydrogen) atoms. The Hall–Kier alpha value is -3.25. The number of para-hydroxylation sites is 1. The molecular formula is C27H28N4OS. The molecule has 1 unspecified atom stereocenters. The summed E-state index contributed by atoms with van der Waals surface area (Å²) in [6.07, 6.45) is 4.79. The first-order chi connectivity index (χ1) is 15.9. The number of nitrogens with zero attached hydrogens (tertiary/aromatic N) is 3. The Balaban J connectivity index is 1.62. The average molecular weight is 457 g/mol. The summed E-state index contributed by atoms with van der Waals surface area (Å²) in [6.45, 7) is 6.93. The van der Waals surface area contributed by atoms with E-state index in [0.717, 1.165) is 40.7 Å². The topological polar surface area (TPSA) is 59.3 Å². The number of hydrogen-bond acceptors (Lipinski definition) is 5. The molecule has 1 N–H and O–H groups in total. The van der Waals surface area contributed by atoms with Crippen LogP contribution in [0.25, 0.3) is 15.9 Å². The van der Waals surface area contributed by atoms with Crippen molar-refractivity contribution in [1.82, 2.24) is 9.55 Å². The van der Waals surface area contributed by atoms with Gasteiger partial charge >= 0.3 is 0 Å². The minimum atomic E-state index is -0.0321. The van der Waals surface area contributed by atoms with Gasteiger partial charge in [0.05, 0.1) is 17.3 Å². The first-order valence-electron chi connectivity index (χ1n) is 11.4. The molecule has 1 aliphatic rings. The standard InChI is InChI=1S/C27H28N4OS/c1-27(2,3)19-14-15-21-22(16-19)33-24-23(21)25(32)31(20-12-8-5-9-13-20)26(29-24)30-28-17-18-10-6-4-7-11-18/h4-13,17,19H,14-16H2,1-3H3,(H,29,30)/b28-17+. The fraction of sp³-hybridized carbons (Fsp3) is 0.296. The summed E-state index contributed by atoms with van der Waals surface area (Å²) >= 11 is 1.67. The number of aromatic nitrogens is 2. The molecule has 1 atom stereocenters. The van der Waals surface area contributed by atoms with Crippen molar-refractivity contribution < 1.29 is 0 Å². The SMILES string of the molecule is CC(C)(C)C1CCc2c(sc3nc(N/N=C/c4ccccc4)n(-c4ccccc4)c(=O)c23)C1. The molecule has 168 valence electrons. The molecule has 2 aromatic carbocycles. The Morgan fingerprint density at radius 3 is 2.48 bits per heavy atom. The van der Waals surface area contributed by atoms with Crippen molar-refractivity contribution in [1.29, 1.82) is 0 Å². The van der Waals surface area contributed by atoms with Gasteiger partial charge in [-0.2, -0.15) is 5.10 Å². The number of hydrogen-bond donors (Lipinski definition) is 1. The monoisotopic (exact) mass is 456 g/mol. The van der Waals surface area contributed by atoms with Crippen LogP contribution in [0.1, 0.15) is 43.2 Å². The lowest BCUT2D eigenvalue weighted by molar-refractivity contribution is 0.218. The number of thiophene rings is 1. The zero-order chi connectivity index (χ0) is 23.0. The maximum atomic E-state index is 13.8. The van der Waals surface area contributed by atoms with Crippen molar-refractivity contribution in [2.45, 2.75) is 40.0 Å². The summed E-state index contributed by atoms with van der Waals surface area (Å²) in [5.74, 6) is 1.04. The van der Waals surface area contributed by atoms with Crippen LogP contribution in [0.4, 0.5) is 5.95 Å². The fourth-order valence-corrected chi connectivity index (χ4v) is 5.85. The Morgan fingerprint density at radius 1 is 1.09 bits per heavy atom. The highest BCUT2D eigenvalue weighted by molar-refractivity contribution is 7.18. The molecular weight excluding hydrogens is 428 g/mol. The smallest absolute Gasteiger partial charge is 0.268 e. The van der Waals surface area contributed by atoms with Crippen LogP contribution >= 0.6 is 11.3 Å². The van der Waals surface area contributed by atoms with E-state index in [1.807, 2.05) is 60.7 Å². The van der Waals surface area contributed by atoms with Crippen LogP contribution in [0, 0.1) is 11.3 Å². The summed E-state index contributed by atoms with van der Waals surface area (Å²) in [5, 5.41) is 5.15. The van der Waals surface area contributed by atoms with E-state index in [2.05, 4.69) is 31.3 Å². The maximum absolute atomic E-state index is 13.8. The summed E-state index contributed by atoms with van der Waals surface area (Å²) in [4.78, 5) is 20.8. The third-order valence-corrected chi connectivity index (χ3v) is 7.65. The third-order valence-electron chi connectivity index (χ3n) is 6.50. The van der Waals surface area contributed by atoms with Crippen LogP contribution in [0.2, 0.25) is 0 Å². The zero-order valence-electron chi connectivity index (χ0n) is 19.2. The van der Waals surface area contributed by atoms with Gasteiger partial charge in [0.2, 0.25) is 5.95 Å². The van der Waals surface area contributed by atoms with E-state index in [1.165, 1.54) is 10.4 Å². The van der Waals surface area contributed by atoms with Crippen LogP contribution in [0.3, 0.4) is 0 Å². The first-order valence-corrected chi connectivity index (χ1v) is 12.2. The van der Waals surface area contributed by atoms with Gasteiger partial charge in [0.25, 0.3) is 5.56 Å². The van der Waals surface area contributed by atoms with Crippen molar-refractivity contribution in [3.8, 4) is 5.69 Å². The molecule has 0 amide bonds. The number of benzene rings is 2. The van der Waals surface area contributed by atoms with Gasteiger partial charge in [-0.15, -0.1) is 11.3 Å². The third kappa shape index (κ3) is 4.23. The predicted octanol–water partition coefficient (Wildman–Crippen LogP) is 6.04. The average Bonchev–Trinajstić information content (AvgIpc) is 3.18. The summed E-state index contributed by atoms with van der Waals surface area (Å²) in [5.41, 5.74) is 6.20. The molecule has 0 spiro atoms. The summed E-state index contributed by atoms with van der Waals surface area (Å²) in [7, 11) is 0. The van der Waals surface area contributed by atoms with Gasteiger partial charge in [0, 0.05) is 4.88 Å². The second-order valence-electron chi connectivity index (χ2n) is 9.68. The number of nitrogens with one attached hydrogen (secondary N) is 1. The molecule has 1 aliphatic carbocycles. The quantitative estimate of drug-likeness (QED) is 0.301. The molecule has 2 heterocycles. The molecule has 0 fully saturated rings. The number of anilines is 1. The van der Waals surface area contributed by atoms with E-state index < -0.39 is 0 Å². The Morgan fingerprint density at radius 2 is 1.79 bits per heavy atom. The van der Waals surface area contributed by atoms with Gasteiger partial charge in [-0.1, -0.05) is 69.3 Å². The van der Waals surface area contributed by atoms with Crippen LogP contribution < -0.4 is 11.0 Å². The number of rotatable bonds is 4. The molecule has 4 aromatic rings. The van der Waals surface area contributed by atoms with E-state index >= 15 is 0 Å². The van der Waals surface area contributed by atoms with E-state index in [1.54, 1.807) is 22.1 Å². The predicted molar refractivity (Wildman–Crippen MR) is 138 cm³/mol. The Bertz CT molecular complexity index is 1360. The van der Waals surface area contributed by atoms with Crippen LogP contribution in [-0.2, 0) is 12.8 Å². The van der Waals surface area contributed by atoms with Crippen molar-refractivity contribution in [3.63, 3.8) is 0 Å². The normalized spacial score (nSPS) is 16.3. The molecule has 2 aromatic heterocycles. The van der Waals surface area contributed by atoms with Crippen molar-refractivity contribution >= 4 is 33.7 Å². The second kappa shape index (κ2) is 8.60. The number of fused-ring (bicyclic) bond motifs is 3. The fourth-order valence-electron chi connectivity index (χ4n) is 4.56. The van der Waals surface area contributed by atoms with Gasteiger partial charge in [-0.3, -0.25) is 4.79 Å². The molecule has 5 rings (SSSR count). The van der Waals surface area contributed by atoms with Crippen molar-refractivity contribution in [3.05, 3.63) is 87.0 Å². The van der Waals surface area contributed by atoms with Gasteiger partial charge in [0.15, 0.2) is 0 Å². The second-order valence-corrected chi connectivity index (χ2v) is 10.8. The highest BCUT2D eigenvalue weighted by Crippen LogP contribution is 2.42. The van der Waals surface area contributed by atoms with Gasteiger partial charge in [-0.05, 0) is 53.9 Å². The highest BCUT2D eigenvalue weighted by Gasteiger charge is 2.32. The lowest BCUT2D eigenvalue weighted by atomic mass is 9.72. The zero-order valence-corrected chi connectivity index (χ0v) is 20.0. The molecule has 0 bridgehead atoms. The number of hydrazone groups is 1. The Kier molecular flexibility index (Phi) is 5.62. The maximum Gasteiger partial charge on any atom is 0.268 e. The van der Waals surface area contributed by atoms with E-state index in [0.29, 0.717) is 11.9 Å². The van der Waals surface area contributed by atoms with Crippen LogP contribution in [-0.4, -0.2) is 15.8 Å². The minimum absolute atomic E-state index is 0.0321. The first kappa shape index (κ1) is 21.6. The van der Waals surface area contributed by atoms with Crippen molar-refractivity contribution in [2.24, 2.45) is 16.4 Å².